The molecular weight excluding hydrogens is 392 g/mol. The molecule has 6 heteroatoms. The molecule has 0 saturated heterocycles. The number of esters is 1. The van der Waals surface area contributed by atoms with Crippen LogP contribution in [0, 0.1) is 0 Å². The van der Waals surface area contributed by atoms with Crippen LogP contribution in [-0.4, -0.2) is 36.5 Å². The Morgan fingerprint density at radius 3 is 2.26 bits per heavy atom. The first-order chi connectivity index (χ1) is 15.1. The van der Waals surface area contributed by atoms with Crippen LogP contribution in [0.25, 0.3) is 6.08 Å². The monoisotopic (exact) mass is 420 g/mol. The maximum absolute atomic E-state index is 12.8. The number of hydrogen-bond acceptors (Lipinski definition) is 4. The smallest absolute Gasteiger partial charge is 0.338 e. The fourth-order valence-electron chi connectivity index (χ4n) is 3.50. The number of rotatable bonds is 8. The molecule has 6 nitrogen and oxygen atoms in total. The van der Waals surface area contributed by atoms with Crippen LogP contribution in [0.1, 0.15) is 48.0 Å². The highest BCUT2D eigenvalue weighted by Crippen LogP contribution is 2.17. The number of amides is 2. The molecule has 2 aromatic rings. The van der Waals surface area contributed by atoms with E-state index in [-0.39, 0.29) is 18.6 Å². The predicted octanol–water partition coefficient (Wildman–Crippen LogP) is 3.49. The number of ether oxygens (including phenoxy) is 1. The van der Waals surface area contributed by atoms with Crippen molar-refractivity contribution in [1.82, 2.24) is 10.6 Å². The molecule has 0 spiro atoms. The van der Waals surface area contributed by atoms with Crippen molar-refractivity contribution < 1.29 is 19.1 Å². The molecule has 2 amide bonds. The third kappa shape index (κ3) is 7.41. The van der Waals surface area contributed by atoms with E-state index in [9.17, 15) is 14.4 Å². The van der Waals surface area contributed by atoms with Crippen LogP contribution in [0.4, 0.5) is 0 Å². The first-order valence-corrected chi connectivity index (χ1v) is 10.7. The molecule has 162 valence electrons. The lowest BCUT2D eigenvalue weighted by Gasteiger charge is -2.25. The Morgan fingerprint density at radius 1 is 0.935 bits per heavy atom. The molecule has 0 bridgehead atoms. The van der Waals surface area contributed by atoms with Gasteiger partial charge in [0.05, 0.1) is 5.56 Å². The van der Waals surface area contributed by atoms with Gasteiger partial charge in [0, 0.05) is 12.1 Å². The molecular formula is C25H28N2O4. The van der Waals surface area contributed by atoms with Gasteiger partial charge in [0.15, 0.2) is 0 Å². The average Bonchev–Trinajstić information content (AvgIpc) is 2.82. The first-order valence-electron chi connectivity index (χ1n) is 10.7. The van der Waals surface area contributed by atoms with Gasteiger partial charge in [0.1, 0.15) is 12.6 Å². The molecule has 1 aliphatic rings. The van der Waals surface area contributed by atoms with Crippen molar-refractivity contribution >= 4 is 23.9 Å². The average molecular weight is 421 g/mol. The molecule has 0 heterocycles. The van der Waals surface area contributed by atoms with Gasteiger partial charge in [0.2, 0.25) is 11.8 Å². The zero-order chi connectivity index (χ0) is 21.9. The summed E-state index contributed by atoms with van der Waals surface area (Å²) >= 11 is 0. The van der Waals surface area contributed by atoms with Crippen LogP contribution in [0.5, 0.6) is 0 Å². The Bertz CT molecular complexity index is 890. The summed E-state index contributed by atoms with van der Waals surface area (Å²) in [4.78, 5) is 37.5. The van der Waals surface area contributed by atoms with Crippen molar-refractivity contribution in [3.8, 4) is 0 Å². The summed E-state index contributed by atoms with van der Waals surface area (Å²) < 4.78 is 5.33. The SMILES string of the molecule is O=C(/C=C/c1ccccc1)N[C@H](COC(=O)c1ccccc1)C(=O)NC1CCCCC1. The molecule has 1 atom stereocenters. The minimum absolute atomic E-state index is 0.0883. The third-order valence-electron chi connectivity index (χ3n) is 5.20. The van der Waals surface area contributed by atoms with E-state index in [1.165, 1.54) is 12.5 Å². The van der Waals surface area contributed by atoms with E-state index in [0.29, 0.717) is 5.56 Å². The molecule has 0 aromatic heterocycles. The topological polar surface area (TPSA) is 84.5 Å². The number of carbonyl (C=O) groups excluding carboxylic acids is 3. The van der Waals surface area contributed by atoms with E-state index in [2.05, 4.69) is 10.6 Å². The van der Waals surface area contributed by atoms with Gasteiger partial charge in [-0.3, -0.25) is 9.59 Å². The lowest BCUT2D eigenvalue weighted by molar-refractivity contribution is -0.128. The van der Waals surface area contributed by atoms with Gasteiger partial charge < -0.3 is 15.4 Å². The third-order valence-corrected chi connectivity index (χ3v) is 5.20. The Balaban J connectivity index is 1.62. The van der Waals surface area contributed by atoms with Gasteiger partial charge in [-0.25, -0.2) is 4.79 Å². The fourth-order valence-corrected chi connectivity index (χ4v) is 3.50. The zero-order valence-corrected chi connectivity index (χ0v) is 17.5. The molecule has 2 N–H and O–H groups in total. The quantitative estimate of drug-likeness (QED) is 0.506. The minimum Gasteiger partial charge on any atom is -0.459 e. The minimum atomic E-state index is -0.970. The van der Waals surface area contributed by atoms with E-state index >= 15 is 0 Å². The van der Waals surface area contributed by atoms with Crippen LogP contribution >= 0.6 is 0 Å². The summed E-state index contributed by atoms with van der Waals surface area (Å²) in [5.74, 6) is -1.30. The fraction of sp³-hybridized carbons (Fsp3) is 0.320. The molecule has 1 aliphatic carbocycles. The maximum Gasteiger partial charge on any atom is 0.338 e. The number of nitrogens with one attached hydrogen (secondary N) is 2. The standard InChI is InChI=1S/C25H28N2O4/c28-23(17-16-19-10-4-1-5-11-19)27-22(24(29)26-21-14-8-3-9-15-21)18-31-25(30)20-12-6-2-7-13-20/h1-2,4-7,10-13,16-17,21-22H,3,8-9,14-15,18H2,(H,26,29)(H,27,28)/b17-16+/t22-/m1/s1. The van der Waals surface area contributed by atoms with Gasteiger partial charge in [-0.2, -0.15) is 0 Å². The molecule has 1 fully saturated rings. The lowest BCUT2D eigenvalue weighted by atomic mass is 9.95. The highest BCUT2D eigenvalue weighted by Gasteiger charge is 2.25. The number of carbonyl (C=O) groups is 3. The normalized spacial score (nSPS) is 15.2. The van der Waals surface area contributed by atoms with Crippen LogP contribution in [-0.2, 0) is 14.3 Å². The van der Waals surface area contributed by atoms with Gasteiger partial charge >= 0.3 is 5.97 Å². The van der Waals surface area contributed by atoms with Crippen LogP contribution in [0.3, 0.4) is 0 Å². The summed E-state index contributed by atoms with van der Waals surface area (Å²) in [7, 11) is 0. The van der Waals surface area contributed by atoms with Gasteiger partial charge in [0.25, 0.3) is 0 Å². The molecule has 3 rings (SSSR count). The summed E-state index contributed by atoms with van der Waals surface area (Å²) in [5.41, 5.74) is 1.26. The highest BCUT2D eigenvalue weighted by molar-refractivity contribution is 5.96. The van der Waals surface area contributed by atoms with E-state index < -0.39 is 17.9 Å². The molecule has 2 aromatic carbocycles. The summed E-state index contributed by atoms with van der Waals surface area (Å²) in [6, 6.07) is 17.1. The lowest BCUT2D eigenvalue weighted by Crippen LogP contribution is -2.52. The van der Waals surface area contributed by atoms with Gasteiger partial charge in [-0.15, -0.1) is 0 Å². The number of hydrogen-bond donors (Lipinski definition) is 2. The Labute approximate surface area is 182 Å². The Hall–Kier alpha value is -3.41. The number of benzene rings is 2. The summed E-state index contributed by atoms with van der Waals surface area (Å²) in [6.45, 7) is -0.239. The molecule has 0 aliphatic heterocycles. The molecule has 0 radical (unpaired) electrons. The van der Waals surface area contributed by atoms with E-state index in [1.54, 1.807) is 36.4 Å². The van der Waals surface area contributed by atoms with Crippen LogP contribution in [0.15, 0.2) is 66.7 Å². The second kappa shape index (κ2) is 11.7. The second-order valence-corrected chi connectivity index (χ2v) is 7.61. The van der Waals surface area contributed by atoms with Crippen molar-refractivity contribution in [3.63, 3.8) is 0 Å². The molecule has 31 heavy (non-hydrogen) atoms. The van der Waals surface area contributed by atoms with Crippen molar-refractivity contribution in [2.75, 3.05) is 6.61 Å². The predicted molar refractivity (Wildman–Crippen MR) is 119 cm³/mol. The zero-order valence-electron chi connectivity index (χ0n) is 17.5. The van der Waals surface area contributed by atoms with Crippen molar-refractivity contribution in [2.45, 2.75) is 44.2 Å². The highest BCUT2D eigenvalue weighted by atomic mass is 16.5. The van der Waals surface area contributed by atoms with Crippen molar-refractivity contribution in [2.24, 2.45) is 0 Å². The van der Waals surface area contributed by atoms with Crippen LogP contribution in [0.2, 0.25) is 0 Å². The second-order valence-electron chi connectivity index (χ2n) is 7.61. The van der Waals surface area contributed by atoms with Gasteiger partial charge in [-0.05, 0) is 36.6 Å². The first kappa shape index (κ1) is 22.3. The van der Waals surface area contributed by atoms with Crippen LogP contribution < -0.4 is 10.6 Å². The van der Waals surface area contributed by atoms with E-state index in [4.69, 9.17) is 4.74 Å². The summed E-state index contributed by atoms with van der Waals surface area (Å²) in [5, 5.41) is 5.66. The van der Waals surface area contributed by atoms with Crippen molar-refractivity contribution in [1.29, 1.82) is 0 Å². The Kier molecular flexibility index (Phi) is 8.40. The Morgan fingerprint density at radius 2 is 1.58 bits per heavy atom. The molecule has 0 unspecified atom stereocenters. The van der Waals surface area contributed by atoms with E-state index in [0.717, 1.165) is 31.2 Å². The largest absolute Gasteiger partial charge is 0.459 e. The summed E-state index contributed by atoms with van der Waals surface area (Å²) in [6.07, 6.45) is 8.20. The van der Waals surface area contributed by atoms with E-state index in [1.807, 2.05) is 30.3 Å². The molecule has 1 saturated carbocycles. The van der Waals surface area contributed by atoms with Crippen molar-refractivity contribution in [3.05, 3.63) is 77.9 Å². The van der Waals surface area contributed by atoms with Gasteiger partial charge in [-0.1, -0.05) is 67.8 Å². The maximum atomic E-state index is 12.8.